The first-order valence-corrected chi connectivity index (χ1v) is 9.39. The van der Waals surface area contributed by atoms with Gasteiger partial charge in [0.15, 0.2) is 0 Å². The van der Waals surface area contributed by atoms with E-state index in [4.69, 9.17) is 4.74 Å². The minimum absolute atomic E-state index is 0.140. The van der Waals surface area contributed by atoms with Gasteiger partial charge in [-0.15, -0.1) is 0 Å². The van der Waals surface area contributed by atoms with Crippen LogP contribution < -0.4 is 0 Å². The summed E-state index contributed by atoms with van der Waals surface area (Å²) in [6.07, 6.45) is 7.90. The maximum atomic E-state index is 12.8. The van der Waals surface area contributed by atoms with Crippen molar-refractivity contribution in [3.63, 3.8) is 0 Å². The highest BCUT2D eigenvalue weighted by Crippen LogP contribution is 2.31. The van der Waals surface area contributed by atoms with Crippen LogP contribution in [-0.4, -0.2) is 23.6 Å². The van der Waals surface area contributed by atoms with Crippen molar-refractivity contribution in [2.24, 2.45) is 0 Å². The highest BCUT2D eigenvalue weighted by Gasteiger charge is 2.30. The Bertz CT molecular complexity index is 881. The average Bonchev–Trinajstić information content (AvgIpc) is 2.77. The quantitative estimate of drug-likeness (QED) is 0.603. The molecule has 1 aliphatic rings. The van der Waals surface area contributed by atoms with Gasteiger partial charge in [-0.25, -0.2) is 4.79 Å². The number of carbonyl (C=O) groups excluding carboxylic acids is 1. The SMILES string of the molecule is C=C/C=C(\C=C)C1CC(c2ccccc2)=CCN1C(=O)OCc1ccccc1. The molecule has 2 aromatic rings. The van der Waals surface area contributed by atoms with E-state index in [1.807, 2.05) is 54.6 Å². The number of amides is 1. The summed E-state index contributed by atoms with van der Waals surface area (Å²) in [6, 6.07) is 19.8. The molecule has 0 aliphatic carbocycles. The van der Waals surface area contributed by atoms with E-state index >= 15 is 0 Å². The average molecular weight is 371 g/mol. The highest BCUT2D eigenvalue weighted by molar-refractivity contribution is 5.74. The summed E-state index contributed by atoms with van der Waals surface area (Å²) in [4.78, 5) is 14.6. The van der Waals surface area contributed by atoms with Crippen molar-refractivity contribution in [3.8, 4) is 0 Å². The smallest absolute Gasteiger partial charge is 0.410 e. The first-order chi connectivity index (χ1) is 13.7. The van der Waals surface area contributed by atoms with Crippen LogP contribution in [0.25, 0.3) is 5.57 Å². The topological polar surface area (TPSA) is 29.5 Å². The second-order valence-electron chi connectivity index (χ2n) is 6.61. The fourth-order valence-electron chi connectivity index (χ4n) is 3.38. The number of hydrogen-bond acceptors (Lipinski definition) is 2. The zero-order valence-corrected chi connectivity index (χ0v) is 16.0. The van der Waals surface area contributed by atoms with Crippen LogP contribution in [0.4, 0.5) is 4.79 Å². The van der Waals surface area contributed by atoms with Crippen LogP contribution in [0.2, 0.25) is 0 Å². The number of allylic oxidation sites excluding steroid dienone is 2. The van der Waals surface area contributed by atoms with Crippen LogP contribution in [-0.2, 0) is 11.3 Å². The lowest BCUT2D eigenvalue weighted by Crippen LogP contribution is -2.44. The van der Waals surface area contributed by atoms with Gasteiger partial charge in [-0.1, -0.05) is 98.1 Å². The molecule has 0 aromatic heterocycles. The molecule has 0 spiro atoms. The molecule has 0 saturated heterocycles. The van der Waals surface area contributed by atoms with E-state index in [1.54, 1.807) is 17.1 Å². The van der Waals surface area contributed by atoms with E-state index in [9.17, 15) is 4.79 Å². The number of rotatable bonds is 6. The fourth-order valence-corrected chi connectivity index (χ4v) is 3.38. The van der Waals surface area contributed by atoms with Crippen LogP contribution in [0.3, 0.4) is 0 Å². The van der Waals surface area contributed by atoms with Crippen LogP contribution in [0.15, 0.2) is 104 Å². The number of hydrogen-bond donors (Lipinski definition) is 0. The van der Waals surface area contributed by atoms with E-state index in [2.05, 4.69) is 31.4 Å². The van der Waals surface area contributed by atoms with E-state index in [1.165, 1.54) is 11.1 Å². The predicted molar refractivity (Wildman–Crippen MR) is 115 cm³/mol. The Kier molecular flexibility index (Phi) is 6.64. The second kappa shape index (κ2) is 9.56. The molecule has 1 aliphatic heterocycles. The molecular formula is C25H25NO2. The van der Waals surface area contributed by atoms with Gasteiger partial charge in [0.05, 0.1) is 6.04 Å². The minimum atomic E-state index is -0.325. The molecule has 0 bridgehead atoms. The van der Waals surface area contributed by atoms with Crippen LogP contribution >= 0.6 is 0 Å². The number of carbonyl (C=O) groups is 1. The summed E-state index contributed by atoms with van der Waals surface area (Å²) in [5, 5.41) is 0. The minimum Gasteiger partial charge on any atom is -0.445 e. The van der Waals surface area contributed by atoms with Crippen LogP contribution in [0.1, 0.15) is 17.5 Å². The summed E-state index contributed by atoms with van der Waals surface area (Å²) < 4.78 is 5.58. The fraction of sp³-hybridized carbons (Fsp3) is 0.160. The number of benzene rings is 2. The molecule has 1 amide bonds. The standard InChI is InChI=1S/C25H25NO2/c1-3-11-21(4-2)24-18-23(22-14-9-6-10-15-22)16-17-26(24)25(27)28-19-20-12-7-5-8-13-20/h3-16,24H,1-2,17-19H2/b21-11+. The van der Waals surface area contributed by atoms with E-state index < -0.39 is 0 Å². The third-order valence-corrected chi connectivity index (χ3v) is 4.84. The van der Waals surface area contributed by atoms with Crippen molar-refractivity contribution in [1.82, 2.24) is 4.90 Å². The molecule has 142 valence electrons. The molecule has 3 heteroatoms. The second-order valence-corrected chi connectivity index (χ2v) is 6.61. The molecular weight excluding hydrogens is 346 g/mol. The van der Waals surface area contributed by atoms with Gasteiger partial charge < -0.3 is 4.74 Å². The maximum Gasteiger partial charge on any atom is 0.410 e. The molecule has 1 heterocycles. The monoisotopic (exact) mass is 371 g/mol. The molecule has 1 atom stereocenters. The van der Waals surface area contributed by atoms with Gasteiger partial charge >= 0.3 is 6.09 Å². The van der Waals surface area contributed by atoms with Gasteiger partial charge in [-0.05, 0) is 28.7 Å². The Morgan fingerprint density at radius 3 is 2.39 bits per heavy atom. The largest absolute Gasteiger partial charge is 0.445 e. The highest BCUT2D eigenvalue weighted by atomic mass is 16.6. The molecule has 0 fully saturated rings. The summed E-state index contributed by atoms with van der Waals surface area (Å²) >= 11 is 0. The first kappa shape index (κ1) is 19.4. The van der Waals surface area contributed by atoms with Crippen molar-refractivity contribution in [2.45, 2.75) is 19.1 Å². The predicted octanol–water partition coefficient (Wildman–Crippen LogP) is 5.78. The number of ether oxygens (including phenoxy) is 1. The van der Waals surface area contributed by atoms with Crippen LogP contribution in [0.5, 0.6) is 0 Å². The zero-order chi connectivity index (χ0) is 19.8. The summed E-state index contributed by atoms with van der Waals surface area (Å²) in [5.41, 5.74) is 4.31. The van der Waals surface area contributed by atoms with Crippen molar-refractivity contribution in [1.29, 1.82) is 0 Å². The van der Waals surface area contributed by atoms with Gasteiger partial charge in [0.2, 0.25) is 0 Å². The van der Waals surface area contributed by atoms with E-state index in [0.717, 1.165) is 11.1 Å². The van der Waals surface area contributed by atoms with Gasteiger partial charge in [-0.2, -0.15) is 0 Å². The molecule has 0 radical (unpaired) electrons. The summed E-state index contributed by atoms with van der Waals surface area (Å²) in [6.45, 7) is 8.47. The van der Waals surface area contributed by atoms with Crippen molar-refractivity contribution in [3.05, 3.63) is 115 Å². The first-order valence-electron chi connectivity index (χ1n) is 9.39. The normalized spacial score (nSPS) is 16.9. The van der Waals surface area contributed by atoms with E-state index in [0.29, 0.717) is 13.0 Å². The molecule has 3 nitrogen and oxygen atoms in total. The lowest BCUT2D eigenvalue weighted by atomic mass is 9.90. The van der Waals surface area contributed by atoms with Gasteiger partial charge in [0.25, 0.3) is 0 Å². The van der Waals surface area contributed by atoms with Crippen LogP contribution in [0, 0.1) is 0 Å². The third kappa shape index (κ3) is 4.68. The Hall–Kier alpha value is -3.33. The molecule has 0 N–H and O–H groups in total. The Morgan fingerprint density at radius 2 is 1.75 bits per heavy atom. The Balaban J connectivity index is 1.81. The van der Waals surface area contributed by atoms with Crippen molar-refractivity contribution < 1.29 is 9.53 Å². The molecule has 28 heavy (non-hydrogen) atoms. The van der Waals surface area contributed by atoms with Gasteiger partial charge in [0, 0.05) is 6.54 Å². The molecule has 1 unspecified atom stereocenters. The lowest BCUT2D eigenvalue weighted by molar-refractivity contribution is 0.0899. The van der Waals surface area contributed by atoms with Gasteiger partial charge in [0.1, 0.15) is 6.61 Å². The Labute approximate surface area is 167 Å². The van der Waals surface area contributed by atoms with Crippen molar-refractivity contribution >= 4 is 11.7 Å². The summed E-state index contributed by atoms with van der Waals surface area (Å²) in [7, 11) is 0. The Morgan fingerprint density at radius 1 is 1.07 bits per heavy atom. The molecule has 0 saturated carbocycles. The van der Waals surface area contributed by atoms with Gasteiger partial charge in [-0.3, -0.25) is 4.90 Å². The molecule has 3 rings (SSSR count). The summed E-state index contributed by atoms with van der Waals surface area (Å²) in [5.74, 6) is 0. The van der Waals surface area contributed by atoms with E-state index in [-0.39, 0.29) is 18.7 Å². The molecule has 2 aromatic carbocycles. The third-order valence-electron chi connectivity index (χ3n) is 4.84. The lowest BCUT2D eigenvalue weighted by Gasteiger charge is -2.35. The maximum absolute atomic E-state index is 12.8. The zero-order valence-electron chi connectivity index (χ0n) is 16.0. The number of nitrogens with zero attached hydrogens (tertiary/aromatic N) is 1. The van der Waals surface area contributed by atoms with Crippen molar-refractivity contribution in [2.75, 3.05) is 6.54 Å².